The number of benzene rings is 2. The van der Waals surface area contributed by atoms with E-state index in [0.29, 0.717) is 5.69 Å². The van der Waals surface area contributed by atoms with Crippen molar-refractivity contribution in [3.05, 3.63) is 58.6 Å². The van der Waals surface area contributed by atoms with Crippen LogP contribution >= 0.6 is 11.6 Å². The zero-order valence-corrected chi connectivity index (χ0v) is 15.3. The van der Waals surface area contributed by atoms with Crippen LogP contribution in [-0.2, 0) is 16.4 Å². The molecule has 2 rings (SSSR count). The van der Waals surface area contributed by atoms with Gasteiger partial charge in [0.1, 0.15) is 4.90 Å². The second-order valence-electron chi connectivity index (χ2n) is 5.40. The van der Waals surface area contributed by atoms with E-state index in [9.17, 15) is 13.2 Å². The van der Waals surface area contributed by atoms with E-state index in [1.807, 2.05) is 31.2 Å². The fraction of sp³-hybridized carbons (Fsp3) is 0.235. The van der Waals surface area contributed by atoms with Gasteiger partial charge in [-0.05, 0) is 36.2 Å². The summed E-state index contributed by atoms with van der Waals surface area (Å²) in [7, 11) is -0.903. The van der Waals surface area contributed by atoms with Crippen molar-refractivity contribution >= 4 is 33.2 Å². The van der Waals surface area contributed by atoms with E-state index in [1.54, 1.807) is 0 Å². The van der Waals surface area contributed by atoms with Gasteiger partial charge >= 0.3 is 0 Å². The normalized spacial score (nSPS) is 11.5. The van der Waals surface area contributed by atoms with Gasteiger partial charge in [-0.3, -0.25) is 4.79 Å². The predicted molar refractivity (Wildman–Crippen MR) is 96.1 cm³/mol. The molecule has 24 heavy (non-hydrogen) atoms. The molecule has 2 aromatic carbocycles. The first-order valence-electron chi connectivity index (χ1n) is 7.38. The number of rotatable bonds is 5. The van der Waals surface area contributed by atoms with E-state index in [2.05, 4.69) is 5.32 Å². The van der Waals surface area contributed by atoms with Crippen LogP contribution in [0.5, 0.6) is 0 Å². The average molecular weight is 367 g/mol. The van der Waals surface area contributed by atoms with Crippen LogP contribution < -0.4 is 5.32 Å². The maximum atomic E-state index is 12.5. The molecule has 0 unspecified atom stereocenters. The van der Waals surface area contributed by atoms with Gasteiger partial charge in [-0.2, -0.15) is 0 Å². The van der Waals surface area contributed by atoms with Gasteiger partial charge in [0.2, 0.25) is 10.0 Å². The Balaban J connectivity index is 2.38. The highest BCUT2D eigenvalue weighted by Crippen LogP contribution is 2.25. The summed E-state index contributed by atoms with van der Waals surface area (Å²) < 4.78 is 25.7. The van der Waals surface area contributed by atoms with E-state index in [1.165, 1.54) is 32.3 Å². The largest absolute Gasteiger partial charge is 0.322 e. The van der Waals surface area contributed by atoms with Gasteiger partial charge in [-0.1, -0.05) is 36.7 Å². The van der Waals surface area contributed by atoms with Crippen LogP contribution in [0.4, 0.5) is 5.69 Å². The molecule has 128 valence electrons. The molecule has 1 N–H and O–H groups in total. The minimum Gasteiger partial charge on any atom is -0.322 e. The lowest BCUT2D eigenvalue weighted by Crippen LogP contribution is -2.23. The fourth-order valence-corrected chi connectivity index (χ4v) is 3.58. The first-order chi connectivity index (χ1) is 11.3. The molecular formula is C17H19ClN2O3S. The number of hydrogen-bond donors (Lipinski definition) is 1. The minimum atomic E-state index is -3.73. The first kappa shape index (κ1) is 18.4. The fourth-order valence-electron chi connectivity index (χ4n) is 2.18. The molecule has 0 fully saturated rings. The van der Waals surface area contributed by atoms with Crippen LogP contribution in [0, 0.1) is 0 Å². The minimum absolute atomic E-state index is 0.0780. The molecule has 0 saturated carbocycles. The van der Waals surface area contributed by atoms with Gasteiger partial charge in [-0.15, -0.1) is 0 Å². The summed E-state index contributed by atoms with van der Waals surface area (Å²) in [6, 6.07) is 11.7. The third kappa shape index (κ3) is 3.77. The highest BCUT2D eigenvalue weighted by Gasteiger charge is 2.22. The van der Waals surface area contributed by atoms with Crippen LogP contribution in [0.15, 0.2) is 47.4 Å². The highest BCUT2D eigenvalue weighted by molar-refractivity contribution is 7.89. The number of carbonyl (C=O) groups excluding carboxylic acids is 1. The third-order valence-electron chi connectivity index (χ3n) is 3.60. The summed E-state index contributed by atoms with van der Waals surface area (Å²) in [5.41, 5.74) is 1.93. The number of anilines is 1. The Kier molecular flexibility index (Phi) is 5.64. The molecule has 0 aliphatic carbocycles. The first-order valence-corrected chi connectivity index (χ1v) is 9.20. The molecule has 0 saturated heterocycles. The molecule has 0 heterocycles. The summed E-state index contributed by atoms with van der Waals surface area (Å²) >= 11 is 6.00. The van der Waals surface area contributed by atoms with E-state index in [-0.39, 0.29) is 21.4 Å². The van der Waals surface area contributed by atoms with Crippen molar-refractivity contribution in [1.29, 1.82) is 0 Å². The third-order valence-corrected chi connectivity index (χ3v) is 5.90. The topological polar surface area (TPSA) is 66.5 Å². The van der Waals surface area contributed by atoms with Gasteiger partial charge in [0.05, 0.1) is 5.02 Å². The molecule has 0 aliphatic rings. The quantitative estimate of drug-likeness (QED) is 0.881. The van der Waals surface area contributed by atoms with Crippen molar-refractivity contribution in [3.63, 3.8) is 0 Å². The second-order valence-corrected chi connectivity index (χ2v) is 7.92. The molecule has 0 aliphatic heterocycles. The average Bonchev–Trinajstić information content (AvgIpc) is 2.55. The Bertz CT molecular complexity index is 864. The van der Waals surface area contributed by atoms with E-state index < -0.39 is 10.0 Å². The molecule has 1 amide bonds. The van der Waals surface area contributed by atoms with Crippen LogP contribution in [0.3, 0.4) is 0 Å². The molecular weight excluding hydrogens is 348 g/mol. The lowest BCUT2D eigenvalue weighted by Gasteiger charge is -2.14. The van der Waals surface area contributed by atoms with E-state index >= 15 is 0 Å². The zero-order valence-electron chi connectivity index (χ0n) is 13.7. The number of nitrogens with one attached hydrogen (secondary N) is 1. The number of carbonyl (C=O) groups is 1. The SMILES string of the molecule is CCc1ccccc1NC(=O)c1ccc(Cl)c(S(=O)(=O)N(C)C)c1. The second kappa shape index (κ2) is 7.34. The van der Waals surface area contributed by atoms with Crippen LogP contribution in [0.25, 0.3) is 0 Å². The van der Waals surface area contributed by atoms with Gasteiger partial charge in [0.25, 0.3) is 5.91 Å². The highest BCUT2D eigenvalue weighted by atomic mass is 35.5. The van der Waals surface area contributed by atoms with Crippen molar-refractivity contribution in [2.45, 2.75) is 18.2 Å². The summed E-state index contributed by atoms with van der Waals surface area (Å²) in [5.74, 6) is -0.386. The maximum Gasteiger partial charge on any atom is 0.255 e. The molecule has 0 radical (unpaired) electrons. The molecule has 0 aromatic heterocycles. The zero-order chi connectivity index (χ0) is 17.9. The maximum absolute atomic E-state index is 12.5. The number of para-hydroxylation sites is 1. The van der Waals surface area contributed by atoms with Gasteiger partial charge < -0.3 is 5.32 Å². The number of amides is 1. The Morgan fingerprint density at radius 3 is 2.46 bits per heavy atom. The Morgan fingerprint density at radius 2 is 1.83 bits per heavy atom. The summed E-state index contributed by atoms with van der Waals surface area (Å²) in [4.78, 5) is 12.4. The Morgan fingerprint density at radius 1 is 1.17 bits per heavy atom. The number of sulfonamides is 1. The number of halogens is 1. The molecule has 0 bridgehead atoms. The number of nitrogens with zero attached hydrogens (tertiary/aromatic N) is 1. The standard InChI is InChI=1S/C17H19ClN2O3S/c1-4-12-7-5-6-8-15(12)19-17(21)13-9-10-14(18)16(11-13)24(22,23)20(2)3/h5-11H,4H2,1-3H3,(H,19,21). The monoisotopic (exact) mass is 366 g/mol. The Labute approximate surface area is 147 Å². The molecule has 5 nitrogen and oxygen atoms in total. The van der Waals surface area contributed by atoms with Crippen LogP contribution in [-0.4, -0.2) is 32.7 Å². The van der Waals surface area contributed by atoms with Gasteiger partial charge in [-0.25, -0.2) is 12.7 Å². The lowest BCUT2D eigenvalue weighted by molar-refractivity contribution is 0.102. The van der Waals surface area contributed by atoms with Crippen LogP contribution in [0.1, 0.15) is 22.8 Å². The van der Waals surface area contributed by atoms with Crippen molar-refractivity contribution in [1.82, 2.24) is 4.31 Å². The summed E-state index contributed by atoms with van der Waals surface area (Å²) in [5, 5.41) is 2.89. The molecule has 2 aromatic rings. The van der Waals surface area contributed by atoms with Crippen LogP contribution in [0.2, 0.25) is 5.02 Å². The Hall–Kier alpha value is -1.89. The van der Waals surface area contributed by atoms with Crippen molar-refractivity contribution in [2.24, 2.45) is 0 Å². The summed E-state index contributed by atoms with van der Waals surface area (Å²) in [6.45, 7) is 2.00. The van der Waals surface area contributed by atoms with Crippen molar-refractivity contribution in [3.8, 4) is 0 Å². The molecule has 7 heteroatoms. The molecule has 0 atom stereocenters. The summed E-state index contributed by atoms with van der Waals surface area (Å²) in [6.07, 6.45) is 0.775. The van der Waals surface area contributed by atoms with Gasteiger partial charge in [0, 0.05) is 25.3 Å². The lowest BCUT2D eigenvalue weighted by atomic mass is 10.1. The smallest absolute Gasteiger partial charge is 0.255 e. The number of hydrogen-bond acceptors (Lipinski definition) is 3. The van der Waals surface area contributed by atoms with E-state index in [4.69, 9.17) is 11.6 Å². The number of aryl methyl sites for hydroxylation is 1. The predicted octanol–water partition coefficient (Wildman–Crippen LogP) is 3.41. The van der Waals surface area contributed by atoms with Crippen molar-refractivity contribution in [2.75, 3.05) is 19.4 Å². The molecule has 0 spiro atoms. The van der Waals surface area contributed by atoms with E-state index in [0.717, 1.165) is 16.3 Å². The van der Waals surface area contributed by atoms with Gasteiger partial charge in [0.15, 0.2) is 0 Å². The van der Waals surface area contributed by atoms with Crippen molar-refractivity contribution < 1.29 is 13.2 Å².